The minimum atomic E-state index is -0.634. The van der Waals surface area contributed by atoms with Gasteiger partial charge in [0.25, 0.3) is 11.8 Å². The molecule has 6 rings (SSSR count). The van der Waals surface area contributed by atoms with Gasteiger partial charge in [0.1, 0.15) is 17.5 Å². The summed E-state index contributed by atoms with van der Waals surface area (Å²) in [5, 5.41) is 3.20. The molecule has 1 N–H and O–H groups in total. The second-order valence-corrected chi connectivity index (χ2v) is 12.0. The summed E-state index contributed by atoms with van der Waals surface area (Å²) >= 11 is 5.96. The number of likely N-dealkylation sites (tertiary alicyclic amines) is 2. The third-order valence-corrected chi connectivity index (χ3v) is 9.24. The monoisotopic (exact) mass is 581 g/mol. The Morgan fingerprint density at radius 3 is 2.49 bits per heavy atom. The van der Waals surface area contributed by atoms with Crippen molar-refractivity contribution in [2.24, 2.45) is 5.41 Å². The van der Waals surface area contributed by atoms with Crippen LogP contribution < -0.4 is 5.32 Å². The Kier molecular flexibility index (Phi) is 7.55. The number of rotatable bonds is 5. The Hall–Kier alpha value is -3.36. The molecule has 1 atom stereocenters. The zero-order valence-corrected chi connectivity index (χ0v) is 23.3. The van der Waals surface area contributed by atoms with Gasteiger partial charge in [-0.25, -0.2) is 13.2 Å². The quantitative estimate of drug-likeness (QED) is 0.385. The van der Waals surface area contributed by atoms with Crippen molar-refractivity contribution in [3.8, 4) is 0 Å². The van der Waals surface area contributed by atoms with Gasteiger partial charge in [-0.15, -0.1) is 0 Å². The van der Waals surface area contributed by atoms with Crippen molar-refractivity contribution in [2.45, 2.75) is 44.7 Å². The Morgan fingerprint density at radius 2 is 1.71 bits per heavy atom. The second kappa shape index (κ2) is 11.1. The number of nitrogens with zero attached hydrogens (tertiary/aromatic N) is 2. The van der Waals surface area contributed by atoms with Crippen molar-refractivity contribution in [1.82, 2.24) is 15.1 Å². The van der Waals surface area contributed by atoms with Crippen molar-refractivity contribution in [1.29, 1.82) is 0 Å². The number of benzene rings is 3. The van der Waals surface area contributed by atoms with Crippen molar-refractivity contribution < 1.29 is 22.8 Å². The van der Waals surface area contributed by atoms with Gasteiger partial charge in [0.05, 0.1) is 11.6 Å². The van der Waals surface area contributed by atoms with Crippen LogP contribution in [0.1, 0.15) is 69.1 Å². The Balaban J connectivity index is 1.08. The van der Waals surface area contributed by atoms with Gasteiger partial charge in [-0.05, 0) is 98.1 Å². The van der Waals surface area contributed by atoms with E-state index in [1.807, 2.05) is 23.1 Å². The third-order valence-electron chi connectivity index (χ3n) is 9.00. The van der Waals surface area contributed by atoms with E-state index in [1.54, 1.807) is 0 Å². The number of hydrogen-bond donors (Lipinski definition) is 1. The van der Waals surface area contributed by atoms with E-state index in [1.165, 1.54) is 30.3 Å². The van der Waals surface area contributed by atoms with Crippen LogP contribution in [-0.4, -0.2) is 47.8 Å². The number of nitrogens with one attached hydrogen (secondary N) is 1. The lowest BCUT2D eigenvalue weighted by Crippen LogP contribution is -2.42. The van der Waals surface area contributed by atoms with Crippen molar-refractivity contribution in [3.05, 3.63) is 105 Å². The number of aryl methyl sites for hydroxylation is 1. The van der Waals surface area contributed by atoms with Crippen LogP contribution >= 0.6 is 11.6 Å². The molecule has 2 saturated heterocycles. The molecule has 2 aliphatic heterocycles. The fourth-order valence-electron chi connectivity index (χ4n) is 6.57. The van der Waals surface area contributed by atoms with Crippen LogP contribution in [-0.2, 0) is 13.0 Å². The zero-order valence-electron chi connectivity index (χ0n) is 22.6. The molecule has 3 aromatic carbocycles. The van der Waals surface area contributed by atoms with Gasteiger partial charge in [-0.3, -0.25) is 14.5 Å². The maximum absolute atomic E-state index is 14.2. The number of halogens is 4. The SMILES string of the molecule is O=C(NC1CCc2ccc(C(=O)N3CCC4(CCN(Cc5ccc(F)cc5F)CC4)C3)cc21)c1cc(Cl)ccc1F. The molecule has 2 fully saturated rings. The maximum Gasteiger partial charge on any atom is 0.254 e. The molecular formula is C32H31ClF3N3O2. The number of carbonyl (C=O) groups excluding carboxylic acids is 2. The van der Waals surface area contributed by atoms with Crippen LogP contribution in [0.15, 0.2) is 54.6 Å². The predicted octanol–water partition coefficient (Wildman–Crippen LogP) is 6.30. The van der Waals surface area contributed by atoms with E-state index >= 15 is 0 Å². The van der Waals surface area contributed by atoms with E-state index in [0.717, 1.165) is 56.0 Å². The van der Waals surface area contributed by atoms with Gasteiger partial charge < -0.3 is 10.2 Å². The number of hydrogen-bond acceptors (Lipinski definition) is 3. The summed E-state index contributed by atoms with van der Waals surface area (Å²) in [6.07, 6.45) is 4.19. The maximum atomic E-state index is 14.2. The lowest BCUT2D eigenvalue weighted by Gasteiger charge is -2.39. The van der Waals surface area contributed by atoms with Gasteiger partial charge in [-0.2, -0.15) is 0 Å². The number of piperidine rings is 1. The largest absolute Gasteiger partial charge is 0.345 e. The molecule has 214 valence electrons. The van der Waals surface area contributed by atoms with Crippen LogP contribution in [0.3, 0.4) is 0 Å². The number of amides is 2. The molecule has 2 amide bonds. The van der Waals surface area contributed by atoms with Crippen LogP contribution in [0.25, 0.3) is 0 Å². The molecule has 0 saturated carbocycles. The molecule has 2 heterocycles. The van der Waals surface area contributed by atoms with E-state index in [4.69, 9.17) is 11.6 Å². The standard InChI is InChI=1S/C32H31ClF3N3O2/c33-23-5-7-27(35)26(16-23)30(40)37-29-8-4-20-1-2-21(15-25(20)29)31(41)39-14-11-32(19-39)9-12-38(13-10-32)18-22-3-6-24(34)17-28(22)36/h1-3,5-7,15-17,29H,4,8-14,18-19H2,(H,37,40). The van der Waals surface area contributed by atoms with E-state index in [2.05, 4.69) is 10.2 Å². The smallest absolute Gasteiger partial charge is 0.254 e. The number of carbonyl (C=O) groups is 2. The first-order valence-corrected chi connectivity index (χ1v) is 14.4. The van der Waals surface area contributed by atoms with E-state index in [0.29, 0.717) is 37.2 Å². The van der Waals surface area contributed by atoms with Gasteiger partial charge in [0.2, 0.25) is 0 Å². The molecule has 1 unspecified atom stereocenters. The van der Waals surface area contributed by atoms with E-state index in [9.17, 15) is 22.8 Å². The summed E-state index contributed by atoms with van der Waals surface area (Å²) in [7, 11) is 0. The Morgan fingerprint density at radius 1 is 0.927 bits per heavy atom. The number of fused-ring (bicyclic) bond motifs is 1. The van der Waals surface area contributed by atoms with Crippen LogP contribution in [0.2, 0.25) is 5.02 Å². The summed E-state index contributed by atoms with van der Waals surface area (Å²) in [4.78, 5) is 30.5. The lowest BCUT2D eigenvalue weighted by molar-refractivity contribution is 0.0712. The first kappa shape index (κ1) is 27.8. The van der Waals surface area contributed by atoms with Crippen LogP contribution in [0.5, 0.6) is 0 Å². The normalized spacial score (nSPS) is 19.9. The predicted molar refractivity (Wildman–Crippen MR) is 150 cm³/mol. The molecule has 0 aromatic heterocycles. The molecule has 3 aromatic rings. The van der Waals surface area contributed by atoms with Gasteiger partial charge in [-0.1, -0.05) is 23.7 Å². The molecular weight excluding hydrogens is 551 g/mol. The van der Waals surface area contributed by atoms with Crippen molar-refractivity contribution in [2.75, 3.05) is 26.2 Å². The first-order valence-electron chi connectivity index (χ1n) is 14.0. The average Bonchev–Trinajstić information content (AvgIpc) is 3.56. The van der Waals surface area contributed by atoms with Crippen molar-refractivity contribution >= 4 is 23.4 Å². The minimum Gasteiger partial charge on any atom is -0.345 e. The van der Waals surface area contributed by atoms with Crippen LogP contribution in [0, 0.1) is 22.9 Å². The summed E-state index contributed by atoms with van der Waals surface area (Å²) in [6.45, 7) is 3.40. The van der Waals surface area contributed by atoms with Gasteiger partial charge >= 0.3 is 0 Å². The summed E-state index contributed by atoms with van der Waals surface area (Å²) in [6, 6.07) is 13.0. The molecule has 3 aliphatic rings. The molecule has 5 nitrogen and oxygen atoms in total. The second-order valence-electron chi connectivity index (χ2n) is 11.6. The average molecular weight is 582 g/mol. The van der Waals surface area contributed by atoms with Gasteiger partial charge in [0.15, 0.2) is 0 Å². The molecule has 0 radical (unpaired) electrons. The molecule has 1 spiro atoms. The van der Waals surface area contributed by atoms with Crippen molar-refractivity contribution in [3.63, 3.8) is 0 Å². The molecule has 0 bridgehead atoms. The first-order chi connectivity index (χ1) is 19.7. The minimum absolute atomic E-state index is 0.0293. The highest BCUT2D eigenvalue weighted by Crippen LogP contribution is 2.41. The van der Waals surface area contributed by atoms with Crippen LogP contribution in [0.4, 0.5) is 13.2 Å². The highest BCUT2D eigenvalue weighted by Gasteiger charge is 2.42. The van der Waals surface area contributed by atoms with Gasteiger partial charge in [0, 0.05) is 41.9 Å². The molecule has 1 aliphatic carbocycles. The fraction of sp³-hybridized carbons (Fsp3) is 0.375. The highest BCUT2D eigenvalue weighted by molar-refractivity contribution is 6.31. The molecule has 41 heavy (non-hydrogen) atoms. The van der Waals surface area contributed by atoms with E-state index in [-0.39, 0.29) is 28.0 Å². The fourth-order valence-corrected chi connectivity index (χ4v) is 6.74. The lowest BCUT2D eigenvalue weighted by atomic mass is 9.77. The third kappa shape index (κ3) is 5.72. The Bertz CT molecular complexity index is 1510. The zero-order chi connectivity index (χ0) is 28.7. The highest BCUT2D eigenvalue weighted by atomic mass is 35.5. The Labute approximate surface area is 242 Å². The molecule has 9 heteroatoms. The summed E-state index contributed by atoms with van der Waals surface area (Å²) < 4.78 is 41.6. The van der Waals surface area contributed by atoms with E-state index < -0.39 is 23.4 Å². The summed E-state index contributed by atoms with van der Waals surface area (Å²) in [5.41, 5.74) is 2.98. The summed E-state index contributed by atoms with van der Waals surface area (Å²) in [5.74, 6) is -2.29. The topological polar surface area (TPSA) is 52.7 Å².